The highest BCUT2D eigenvalue weighted by Crippen LogP contribution is 2.17. The van der Waals surface area contributed by atoms with Crippen molar-refractivity contribution in [3.8, 4) is 5.75 Å². The second-order valence-electron chi connectivity index (χ2n) is 4.83. The minimum atomic E-state index is -0.955. The van der Waals surface area contributed by atoms with Gasteiger partial charge in [-0.3, -0.25) is 20.4 Å². The third-order valence-electron chi connectivity index (χ3n) is 2.95. The lowest BCUT2D eigenvalue weighted by molar-refractivity contribution is -0.132. The van der Waals surface area contributed by atoms with Crippen molar-refractivity contribution in [3.05, 3.63) is 60.4 Å². The number of ether oxygens (including phenoxy) is 1. The molecule has 2 amide bonds. The molecule has 0 spiro atoms. The van der Waals surface area contributed by atoms with Gasteiger partial charge in [-0.25, -0.2) is 4.39 Å². The molecule has 0 aliphatic rings. The number of hydrogen-bond acceptors (Lipinski definition) is 4. The maximum absolute atomic E-state index is 13.5. The van der Waals surface area contributed by atoms with Crippen LogP contribution in [0.3, 0.4) is 0 Å². The van der Waals surface area contributed by atoms with Crippen LogP contribution in [0.15, 0.2) is 59.5 Å². The fourth-order valence-corrected chi connectivity index (χ4v) is 2.44. The number of rotatable bonds is 6. The van der Waals surface area contributed by atoms with Gasteiger partial charge >= 0.3 is 0 Å². The van der Waals surface area contributed by atoms with E-state index in [-0.39, 0.29) is 17.4 Å². The molecule has 0 aromatic heterocycles. The smallest absolute Gasteiger partial charge is 0.279 e. The SMILES string of the molecule is CC(Oc1ccccc1F)C(=O)NNC(=O)CSc1ccccc1. The molecule has 5 nitrogen and oxygen atoms in total. The highest BCUT2D eigenvalue weighted by Gasteiger charge is 2.17. The lowest BCUT2D eigenvalue weighted by Gasteiger charge is -2.15. The Morgan fingerprint density at radius 2 is 1.75 bits per heavy atom. The third kappa shape index (κ3) is 5.58. The summed E-state index contributed by atoms with van der Waals surface area (Å²) in [7, 11) is 0. The van der Waals surface area contributed by atoms with E-state index in [2.05, 4.69) is 10.9 Å². The zero-order valence-electron chi connectivity index (χ0n) is 13.0. The Bertz CT molecular complexity index is 697. The third-order valence-corrected chi connectivity index (χ3v) is 3.96. The normalized spacial score (nSPS) is 11.4. The molecular weight excluding hydrogens is 331 g/mol. The van der Waals surface area contributed by atoms with Crippen molar-refractivity contribution in [2.24, 2.45) is 0 Å². The van der Waals surface area contributed by atoms with Gasteiger partial charge in [0.15, 0.2) is 17.7 Å². The van der Waals surface area contributed by atoms with Crippen LogP contribution < -0.4 is 15.6 Å². The summed E-state index contributed by atoms with van der Waals surface area (Å²) in [4.78, 5) is 24.5. The number of carbonyl (C=O) groups excluding carboxylic acids is 2. The molecule has 0 radical (unpaired) electrons. The van der Waals surface area contributed by atoms with Gasteiger partial charge in [-0.2, -0.15) is 0 Å². The van der Waals surface area contributed by atoms with E-state index in [4.69, 9.17) is 4.74 Å². The first-order valence-electron chi connectivity index (χ1n) is 7.24. The van der Waals surface area contributed by atoms with Crippen molar-refractivity contribution in [3.63, 3.8) is 0 Å². The number of amides is 2. The van der Waals surface area contributed by atoms with Crippen LogP contribution in [0.5, 0.6) is 5.75 Å². The Kier molecular flexibility index (Phi) is 6.62. The molecule has 1 atom stereocenters. The summed E-state index contributed by atoms with van der Waals surface area (Å²) < 4.78 is 18.7. The number of nitrogens with one attached hydrogen (secondary N) is 2. The summed E-state index contributed by atoms with van der Waals surface area (Å²) in [6.45, 7) is 1.46. The number of para-hydroxylation sites is 1. The zero-order valence-corrected chi connectivity index (χ0v) is 13.8. The van der Waals surface area contributed by atoms with E-state index in [1.54, 1.807) is 6.07 Å². The van der Waals surface area contributed by atoms with E-state index in [1.165, 1.54) is 36.9 Å². The van der Waals surface area contributed by atoms with Gasteiger partial charge in [0.2, 0.25) is 5.91 Å². The van der Waals surface area contributed by atoms with E-state index in [9.17, 15) is 14.0 Å². The lowest BCUT2D eigenvalue weighted by Crippen LogP contribution is -2.47. The molecule has 0 fully saturated rings. The van der Waals surface area contributed by atoms with Gasteiger partial charge in [-0.15, -0.1) is 11.8 Å². The molecule has 2 aromatic carbocycles. The molecule has 0 aliphatic heterocycles. The monoisotopic (exact) mass is 348 g/mol. The van der Waals surface area contributed by atoms with Crippen molar-refractivity contribution in [1.29, 1.82) is 0 Å². The van der Waals surface area contributed by atoms with Crippen LogP contribution >= 0.6 is 11.8 Å². The van der Waals surface area contributed by atoms with Gasteiger partial charge in [-0.05, 0) is 31.2 Å². The van der Waals surface area contributed by atoms with Crippen LogP contribution in [-0.4, -0.2) is 23.7 Å². The lowest BCUT2D eigenvalue weighted by atomic mass is 10.3. The number of thioether (sulfide) groups is 1. The summed E-state index contributed by atoms with van der Waals surface area (Å²) in [6.07, 6.45) is -0.955. The number of benzene rings is 2. The molecule has 1 unspecified atom stereocenters. The molecule has 0 saturated heterocycles. The molecule has 0 heterocycles. The van der Waals surface area contributed by atoms with Gasteiger partial charge in [0, 0.05) is 4.90 Å². The van der Waals surface area contributed by atoms with E-state index in [0.29, 0.717) is 0 Å². The Hall–Kier alpha value is -2.54. The fraction of sp³-hybridized carbons (Fsp3) is 0.176. The maximum atomic E-state index is 13.5. The van der Waals surface area contributed by atoms with Gasteiger partial charge < -0.3 is 4.74 Å². The maximum Gasteiger partial charge on any atom is 0.279 e. The van der Waals surface area contributed by atoms with Gasteiger partial charge in [-0.1, -0.05) is 30.3 Å². The summed E-state index contributed by atoms with van der Waals surface area (Å²) in [6, 6.07) is 15.2. The van der Waals surface area contributed by atoms with Crippen LogP contribution in [0.25, 0.3) is 0 Å². The molecule has 7 heteroatoms. The number of hydrogen-bond donors (Lipinski definition) is 2. The second-order valence-corrected chi connectivity index (χ2v) is 5.88. The molecular formula is C17H17FN2O3S. The van der Waals surface area contributed by atoms with Crippen molar-refractivity contribution in [2.75, 3.05) is 5.75 Å². The Labute approximate surface area is 143 Å². The highest BCUT2D eigenvalue weighted by molar-refractivity contribution is 8.00. The number of hydrazine groups is 1. The first-order chi connectivity index (χ1) is 11.6. The van der Waals surface area contributed by atoms with E-state index >= 15 is 0 Å². The Morgan fingerprint density at radius 1 is 1.08 bits per heavy atom. The quantitative estimate of drug-likeness (QED) is 0.622. The first kappa shape index (κ1) is 17.8. The summed E-state index contributed by atoms with van der Waals surface area (Å²) >= 11 is 1.35. The van der Waals surface area contributed by atoms with Gasteiger partial charge in [0.05, 0.1) is 5.75 Å². The summed E-state index contributed by atoms with van der Waals surface area (Å²) in [5, 5.41) is 0. The zero-order chi connectivity index (χ0) is 17.4. The van der Waals surface area contributed by atoms with Crippen molar-refractivity contribution >= 4 is 23.6 Å². The molecule has 2 rings (SSSR count). The van der Waals surface area contributed by atoms with E-state index in [1.807, 2.05) is 30.3 Å². The highest BCUT2D eigenvalue weighted by atomic mass is 32.2. The largest absolute Gasteiger partial charge is 0.478 e. The van der Waals surface area contributed by atoms with E-state index in [0.717, 1.165) is 4.90 Å². The predicted octanol–water partition coefficient (Wildman–Crippen LogP) is 2.53. The van der Waals surface area contributed by atoms with Crippen molar-refractivity contribution < 1.29 is 18.7 Å². The van der Waals surface area contributed by atoms with Gasteiger partial charge in [0.1, 0.15) is 0 Å². The second kappa shape index (κ2) is 8.93. The molecule has 2 aromatic rings. The minimum absolute atomic E-state index is 0.0221. The Balaban J connectivity index is 1.73. The van der Waals surface area contributed by atoms with Crippen LogP contribution in [0, 0.1) is 5.82 Å². The molecule has 0 aliphatic carbocycles. The van der Waals surface area contributed by atoms with Crippen LogP contribution in [0.1, 0.15) is 6.92 Å². The fourth-order valence-electron chi connectivity index (χ4n) is 1.72. The molecule has 0 saturated carbocycles. The number of halogens is 1. The van der Waals surface area contributed by atoms with Crippen LogP contribution in [-0.2, 0) is 9.59 Å². The van der Waals surface area contributed by atoms with Crippen molar-refractivity contribution in [1.82, 2.24) is 10.9 Å². The number of carbonyl (C=O) groups is 2. The predicted molar refractivity (Wildman–Crippen MR) is 89.9 cm³/mol. The average molecular weight is 348 g/mol. The summed E-state index contributed by atoms with van der Waals surface area (Å²) in [5.41, 5.74) is 4.56. The van der Waals surface area contributed by atoms with E-state index < -0.39 is 17.8 Å². The molecule has 126 valence electrons. The average Bonchev–Trinajstić information content (AvgIpc) is 2.60. The van der Waals surface area contributed by atoms with Crippen LogP contribution in [0.2, 0.25) is 0 Å². The first-order valence-corrected chi connectivity index (χ1v) is 8.22. The van der Waals surface area contributed by atoms with Gasteiger partial charge in [0.25, 0.3) is 5.91 Å². The molecule has 0 bridgehead atoms. The van der Waals surface area contributed by atoms with Crippen molar-refractivity contribution in [2.45, 2.75) is 17.9 Å². The topological polar surface area (TPSA) is 67.4 Å². The minimum Gasteiger partial charge on any atom is -0.478 e. The molecule has 24 heavy (non-hydrogen) atoms. The Morgan fingerprint density at radius 3 is 2.46 bits per heavy atom. The standard InChI is InChI=1S/C17H17FN2O3S/c1-12(23-15-10-6-5-9-14(15)18)17(22)20-19-16(21)11-24-13-7-3-2-4-8-13/h2-10,12H,11H2,1H3,(H,19,21)(H,20,22). The summed E-state index contributed by atoms with van der Waals surface area (Å²) in [5.74, 6) is -1.34. The van der Waals surface area contributed by atoms with Crippen LogP contribution in [0.4, 0.5) is 4.39 Å². The molecule has 2 N–H and O–H groups in total.